The van der Waals surface area contributed by atoms with Crippen LogP contribution in [0.15, 0.2) is 54.6 Å². The van der Waals surface area contributed by atoms with Gasteiger partial charge < -0.3 is 0 Å². The van der Waals surface area contributed by atoms with Crippen molar-refractivity contribution in [1.82, 2.24) is 0 Å². The van der Waals surface area contributed by atoms with Gasteiger partial charge in [0.05, 0.1) is 0 Å². The highest BCUT2D eigenvalue weighted by atomic mass is 32.1. The third-order valence-electron chi connectivity index (χ3n) is 3.20. The van der Waals surface area contributed by atoms with Gasteiger partial charge >= 0.3 is 0 Å². The molecule has 0 N–H and O–H groups in total. The van der Waals surface area contributed by atoms with Gasteiger partial charge in [0.1, 0.15) is 0 Å². The highest BCUT2D eigenvalue weighted by Crippen LogP contribution is 2.37. The molecule has 0 unspecified atom stereocenters. The van der Waals surface area contributed by atoms with E-state index < -0.39 is 0 Å². The minimum absolute atomic E-state index is 1.29. The van der Waals surface area contributed by atoms with Crippen LogP contribution in [0, 0.1) is 6.07 Å². The molecular weight excluding hydrogens is 224 g/mol. The summed E-state index contributed by atoms with van der Waals surface area (Å²) in [5.41, 5.74) is 0. The van der Waals surface area contributed by atoms with Crippen LogP contribution in [0.1, 0.15) is 0 Å². The van der Waals surface area contributed by atoms with Gasteiger partial charge in [0.15, 0.2) is 0 Å². The zero-order chi connectivity index (χ0) is 11.2. The molecule has 1 radical (unpaired) electrons. The van der Waals surface area contributed by atoms with E-state index in [4.69, 9.17) is 0 Å². The first kappa shape index (κ1) is 9.20. The van der Waals surface area contributed by atoms with E-state index in [-0.39, 0.29) is 0 Å². The second kappa shape index (κ2) is 3.31. The Morgan fingerprint density at radius 1 is 0.824 bits per heavy atom. The largest absolute Gasteiger partial charge is 0.135 e. The van der Waals surface area contributed by atoms with Crippen molar-refractivity contribution in [2.75, 3.05) is 0 Å². The number of hydrogen-bond acceptors (Lipinski definition) is 1. The lowest BCUT2D eigenvalue weighted by molar-refractivity contribution is 1.79. The summed E-state index contributed by atoms with van der Waals surface area (Å²) in [5.74, 6) is 0. The van der Waals surface area contributed by atoms with Crippen molar-refractivity contribution in [3.05, 3.63) is 60.7 Å². The van der Waals surface area contributed by atoms with Gasteiger partial charge in [-0.2, -0.15) is 0 Å². The van der Waals surface area contributed by atoms with Crippen molar-refractivity contribution >= 4 is 42.3 Å². The molecule has 79 valence electrons. The van der Waals surface area contributed by atoms with Crippen molar-refractivity contribution in [3.8, 4) is 0 Å². The van der Waals surface area contributed by atoms with Crippen LogP contribution in [-0.4, -0.2) is 0 Å². The molecule has 0 aliphatic carbocycles. The Kier molecular flexibility index (Phi) is 1.79. The van der Waals surface area contributed by atoms with Gasteiger partial charge in [-0.05, 0) is 35.0 Å². The van der Waals surface area contributed by atoms with Crippen LogP contribution in [0.4, 0.5) is 0 Å². The summed E-state index contributed by atoms with van der Waals surface area (Å²) in [7, 11) is 0. The Hall–Kier alpha value is -1.86. The Morgan fingerprint density at radius 3 is 2.76 bits per heavy atom. The summed E-state index contributed by atoms with van der Waals surface area (Å²) >= 11 is 1.86. The molecule has 1 heterocycles. The zero-order valence-electron chi connectivity index (χ0n) is 9.10. The molecule has 4 aromatic rings. The van der Waals surface area contributed by atoms with Gasteiger partial charge in [-0.15, -0.1) is 11.3 Å². The van der Waals surface area contributed by atoms with E-state index in [1.54, 1.807) is 0 Å². The standard InChI is InChI=1S/C16H9S/c1-2-6-12-11(5-1)9-10-15-16(12)13-7-3-4-8-14(13)17-15/h1,3-10H. The molecule has 4 rings (SSSR count). The van der Waals surface area contributed by atoms with Gasteiger partial charge in [-0.1, -0.05) is 36.4 Å². The predicted molar refractivity (Wildman–Crippen MR) is 75.7 cm³/mol. The second-order valence-electron chi connectivity index (χ2n) is 4.18. The maximum absolute atomic E-state index is 3.19. The summed E-state index contributed by atoms with van der Waals surface area (Å²) < 4.78 is 2.72. The molecule has 0 saturated heterocycles. The van der Waals surface area contributed by atoms with Crippen molar-refractivity contribution < 1.29 is 0 Å². The molecule has 0 atom stereocenters. The highest BCUT2D eigenvalue weighted by Gasteiger charge is 2.07. The molecule has 0 spiro atoms. The van der Waals surface area contributed by atoms with E-state index in [0.717, 1.165) is 0 Å². The maximum atomic E-state index is 3.19. The van der Waals surface area contributed by atoms with E-state index >= 15 is 0 Å². The lowest BCUT2D eigenvalue weighted by atomic mass is 10.0. The van der Waals surface area contributed by atoms with Gasteiger partial charge in [0, 0.05) is 20.2 Å². The summed E-state index contributed by atoms with van der Waals surface area (Å²) in [6.45, 7) is 0. The van der Waals surface area contributed by atoms with Gasteiger partial charge in [0.2, 0.25) is 0 Å². The molecule has 3 aromatic carbocycles. The van der Waals surface area contributed by atoms with Crippen LogP contribution in [0.2, 0.25) is 0 Å². The summed E-state index contributed by atoms with van der Waals surface area (Å²) in [5, 5.41) is 5.33. The van der Waals surface area contributed by atoms with Crippen LogP contribution in [0.25, 0.3) is 30.9 Å². The van der Waals surface area contributed by atoms with Crippen LogP contribution in [0.5, 0.6) is 0 Å². The van der Waals surface area contributed by atoms with E-state index in [2.05, 4.69) is 54.6 Å². The lowest BCUT2D eigenvalue weighted by Gasteiger charge is -1.99. The first-order valence-electron chi connectivity index (χ1n) is 5.63. The fourth-order valence-corrected chi connectivity index (χ4v) is 3.55. The minimum Gasteiger partial charge on any atom is -0.135 e. The Labute approximate surface area is 103 Å². The zero-order valence-corrected chi connectivity index (χ0v) is 9.92. The number of benzene rings is 3. The molecule has 0 bridgehead atoms. The van der Waals surface area contributed by atoms with Crippen molar-refractivity contribution in [1.29, 1.82) is 0 Å². The predicted octanol–water partition coefficient (Wildman–Crippen LogP) is 5.01. The van der Waals surface area contributed by atoms with Crippen molar-refractivity contribution in [3.63, 3.8) is 0 Å². The highest BCUT2D eigenvalue weighted by molar-refractivity contribution is 7.26. The molecule has 0 fully saturated rings. The molecular formula is C16H9S. The average molecular weight is 233 g/mol. The van der Waals surface area contributed by atoms with Gasteiger partial charge in [0.25, 0.3) is 0 Å². The quantitative estimate of drug-likeness (QED) is 0.400. The molecule has 17 heavy (non-hydrogen) atoms. The Balaban J connectivity index is 2.38. The number of fused-ring (bicyclic) bond motifs is 5. The third kappa shape index (κ3) is 1.23. The summed E-state index contributed by atoms with van der Waals surface area (Å²) in [4.78, 5) is 0. The first-order chi connectivity index (χ1) is 8.43. The van der Waals surface area contributed by atoms with E-state index in [1.165, 1.54) is 30.9 Å². The van der Waals surface area contributed by atoms with Crippen molar-refractivity contribution in [2.24, 2.45) is 0 Å². The van der Waals surface area contributed by atoms with Crippen molar-refractivity contribution in [2.45, 2.75) is 0 Å². The van der Waals surface area contributed by atoms with E-state index in [0.29, 0.717) is 0 Å². The molecule has 0 aliphatic heterocycles. The topological polar surface area (TPSA) is 0 Å². The SMILES string of the molecule is [c]1ccc2ccc3sc4ccccc4c3c2c1. The second-order valence-corrected chi connectivity index (χ2v) is 5.27. The average Bonchev–Trinajstić information content (AvgIpc) is 2.77. The summed E-state index contributed by atoms with van der Waals surface area (Å²) in [6, 6.07) is 22.4. The molecule has 1 heteroatoms. The Morgan fingerprint density at radius 2 is 1.76 bits per heavy atom. The fraction of sp³-hybridized carbons (Fsp3) is 0. The number of hydrogen-bond donors (Lipinski definition) is 0. The molecule has 1 aromatic heterocycles. The normalized spacial score (nSPS) is 11.5. The van der Waals surface area contributed by atoms with Gasteiger partial charge in [-0.3, -0.25) is 0 Å². The maximum Gasteiger partial charge on any atom is 0.0361 e. The van der Waals surface area contributed by atoms with Crippen LogP contribution >= 0.6 is 11.3 Å². The fourth-order valence-electron chi connectivity index (χ4n) is 2.43. The van der Waals surface area contributed by atoms with Crippen LogP contribution < -0.4 is 0 Å². The lowest BCUT2D eigenvalue weighted by Crippen LogP contribution is -1.73. The van der Waals surface area contributed by atoms with Crippen LogP contribution in [0.3, 0.4) is 0 Å². The van der Waals surface area contributed by atoms with E-state index in [1.807, 2.05) is 17.4 Å². The third-order valence-corrected chi connectivity index (χ3v) is 4.34. The smallest absolute Gasteiger partial charge is 0.0361 e. The number of thiophene rings is 1. The molecule has 0 amide bonds. The molecule has 0 aliphatic rings. The van der Waals surface area contributed by atoms with Gasteiger partial charge in [-0.25, -0.2) is 0 Å². The molecule has 0 saturated carbocycles. The molecule has 0 nitrogen and oxygen atoms in total. The number of rotatable bonds is 0. The van der Waals surface area contributed by atoms with E-state index in [9.17, 15) is 0 Å². The monoisotopic (exact) mass is 233 g/mol. The van der Waals surface area contributed by atoms with Crippen LogP contribution in [-0.2, 0) is 0 Å². The minimum atomic E-state index is 1.29. The Bertz CT molecular complexity index is 834. The first-order valence-corrected chi connectivity index (χ1v) is 6.45. The summed E-state index contributed by atoms with van der Waals surface area (Å²) in [6.07, 6.45) is 0.